The number of furan rings is 1. The molecule has 0 saturated heterocycles. The van der Waals surface area contributed by atoms with E-state index in [0.29, 0.717) is 13.1 Å². The van der Waals surface area contributed by atoms with E-state index in [1.54, 1.807) is 11.2 Å². The van der Waals surface area contributed by atoms with Crippen LogP contribution in [0.4, 0.5) is 0 Å². The molecule has 0 aliphatic rings. The van der Waals surface area contributed by atoms with Gasteiger partial charge in [0.15, 0.2) is 0 Å². The smallest absolute Gasteiger partial charge is 0.240 e. The van der Waals surface area contributed by atoms with Crippen LogP contribution in [0.5, 0.6) is 0 Å². The van der Waals surface area contributed by atoms with Gasteiger partial charge in [-0.15, -0.1) is 0 Å². The summed E-state index contributed by atoms with van der Waals surface area (Å²) in [5, 5.41) is 0. The third-order valence-corrected chi connectivity index (χ3v) is 2.62. The highest BCUT2D eigenvalue weighted by molar-refractivity contribution is 5.81. The molecule has 0 fully saturated rings. The minimum Gasteiger partial charge on any atom is -0.467 e. The minimum atomic E-state index is -0.435. The fraction of sp³-hybridized carbons (Fsp3) is 0.583. The van der Waals surface area contributed by atoms with Crippen LogP contribution in [0, 0.1) is 5.92 Å². The molecule has 0 aromatic carbocycles. The van der Waals surface area contributed by atoms with Gasteiger partial charge in [-0.2, -0.15) is 0 Å². The quantitative estimate of drug-likeness (QED) is 0.826. The maximum absolute atomic E-state index is 12.0. The Morgan fingerprint density at radius 3 is 2.69 bits per heavy atom. The van der Waals surface area contributed by atoms with Crippen LogP contribution in [0.15, 0.2) is 22.8 Å². The predicted octanol–water partition coefficient (Wildman–Crippen LogP) is 1.61. The van der Waals surface area contributed by atoms with Gasteiger partial charge in [0.25, 0.3) is 0 Å². The SMILES string of the molecule is CCN(Cc1ccco1)C(=O)[C@@H](N)C(C)C. The summed E-state index contributed by atoms with van der Waals surface area (Å²) in [7, 11) is 0. The molecule has 0 spiro atoms. The van der Waals surface area contributed by atoms with E-state index >= 15 is 0 Å². The summed E-state index contributed by atoms with van der Waals surface area (Å²) in [6, 6.07) is 3.24. The molecule has 1 aromatic heterocycles. The highest BCUT2D eigenvalue weighted by atomic mass is 16.3. The van der Waals surface area contributed by atoms with Crippen molar-refractivity contribution in [2.75, 3.05) is 6.54 Å². The average molecular weight is 224 g/mol. The van der Waals surface area contributed by atoms with E-state index < -0.39 is 6.04 Å². The van der Waals surface area contributed by atoms with Crippen LogP contribution in [0.1, 0.15) is 26.5 Å². The van der Waals surface area contributed by atoms with Crippen LogP contribution in [0.2, 0.25) is 0 Å². The van der Waals surface area contributed by atoms with Crippen LogP contribution in [0.3, 0.4) is 0 Å². The first-order chi connectivity index (χ1) is 7.56. The van der Waals surface area contributed by atoms with Crippen molar-refractivity contribution in [2.45, 2.75) is 33.4 Å². The van der Waals surface area contributed by atoms with Gasteiger partial charge in [0.2, 0.25) is 5.91 Å². The summed E-state index contributed by atoms with van der Waals surface area (Å²) in [5.41, 5.74) is 5.84. The summed E-state index contributed by atoms with van der Waals surface area (Å²) >= 11 is 0. The van der Waals surface area contributed by atoms with Crippen LogP contribution < -0.4 is 5.73 Å². The van der Waals surface area contributed by atoms with Gasteiger partial charge in [-0.25, -0.2) is 0 Å². The number of hydrogen-bond acceptors (Lipinski definition) is 3. The van der Waals surface area contributed by atoms with Gasteiger partial charge in [0, 0.05) is 6.54 Å². The molecule has 1 aromatic rings. The summed E-state index contributed by atoms with van der Waals surface area (Å²) in [6.07, 6.45) is 1.61. The number of nitrogens with zero attached hydrogens (tertiary/aromatic N) is 1. The zero-order valence-electron chi connectivity index (χ0n) is 10.1. The predicted molar refractivity (Wildman–Crippen MR) is 62.6 cm³/mol. The van der Waals surface area contributed by atoms with Gasteiger partial charge in [-0.3, -0.25) is 4.79 Å². The van der Waals surface area contributed by atoms with Crippen LogP contribution in [0.25, 0.3) is 0 Å². The summed E-state index contributed by atoms with van der Waals surface area (Å²) in [4.78, 5) is 13.7. The molecule has 0 aliphatic heterocycles. The van der Waals surface area contributed by atoms with Crippen molar-refractivity contribution in [3.63, 3.8) is 0 Å². The first-order valence-electron chi connectivity index (χ1n) is 5.63. The first-order valence-corrected chi connectivity index (χ1v) is 5.63. The largest absolute Gasteiger partial charge is 0.467 e. The lowest BCUT2D eigenvalue weighted by Crippen LogP contribution is -2.46. The molecule has 4 heteroatoms. The van der Waals surface area contributed by atoms with E-state index in [4.69, 9.17) is 10.2 Å². The molecular formula is C12H20N2O2. The third-order valence-electron chi connectivity index (χ3n) is 2.62. The fourth-order valence-corrected chi connectivity index (χ4v) is 1.43. The van der Waals surface area contributed by atoms with Crippen molar-refractivity contribution in [1.82, 2.24) is 4.90 Å². The van der Waals surface area contributed by atoms with E-state index in [1.807, 2.05) is 32.9 Å². The zero-order valence-corrected chi connectivity index (χ0v) is 10.1. The lowest BCUT2D eigenvalue weighted by Gasteiger charge is -2.25. The lowest BCUT2D eigenvalue weighted by molar-refractivity contribution is -0.134. The minimum absolute atomic E-state index is 0.0195. The van der Waals surface area contributed by atoms with Crippen molar-refractivity contribution in [2.24, 2.45) is 11.7 Å². The van der Waals surface area contributed by atoms with Crippen LogP contribution >= 0.6 is 0 Å². The second-order valence-electron chi connectivity index (χ2n) is 4.20. The van der Waals surface area contributed by atoms with Gasteiger partial charge < -0.3 is 15.1 Å². The molecule has 0 aliphatic carbocycles. The Kier molecular flexibility index (Phi) is 4.55. The van der Waals surface area contributed by atoms with Crippen LogP contribution in [-0.2, 0) is 11.3 Å². The van der Waals surface area contributed by atoms with E-state index in [1.165, 1.54) is 0 Å². The lowest BCUT2D eigenvalue weighted by atomic mass is 10.0. The van der Waals surface area contributed by atoms with Gasteiger partial charge in [0.05, 0.1) is 18.8 Å². The number of hydrogen-bond donors (Lipinski definition) is 1. The number of amides is 1. The normalized spacial score (nSPS) is 12.8. The molecule has 0 unspecified atom stereocenters. The van der Waals surface area contributed by atoms with Crippen LogP contribution in [-0.4, -0.2) is 23.4 Å². The second kappa shape index (κ2) is 5.70. The number of carbonyl (C=O) groups excluding carboxylic acids is 1. The fourth-order valence-electron chi connectivity index (χ4n) is 1.43. The van der Waals surface area contributed by atoms with Gasteiger partial charge >= 0.3 is 0 Å². The topological polar surface area (TPSA) is 59.5 Å². The Bertz CT molecular complexity index is 320. The third kappa shape index (κ3) is 3.10. The number of likely N-dealkylation sites (N-methyl/N-ethyl adjacent to an activating group) is 1. The molecule has 1 heterocycles. The van der Waals surface area contributed by atoms with E-state index in [9.17, 15) is 4.79 Å². The van der Waals surface area contributed by atoms with Crippen molar-refractivity contribution in [3.8, 4) is 0 Å². The second-order valence-corrected chi connectivity index (χ2v) is 4.20. The number of rotatable bonds is 5. The summed E-state index contributed by atoms with van der Waals surface area (Å²) in [5.74, 6) is 0.915. The summed E-state index contributed by atoms with van der Waals surface area (Å²) < 4.78 is 5.22. The number of carbonyl (C=O) groups is 1. The first kappa shape index (κ1) is 12.8. The molecule has 4 nitrogen and oxygen atoms in total. The van der Waals surface area contributed by atoms with Crippen molar-refractivity contribution >= 4 is 5.91 Å². The molecule has 1 amide bonds. The van der Waals surface area contributed by atoms with Crippen molar-refractivity contribution < 1.29 is 9.21 Å². The number of nitrogens with two attached hydrogens (primary N) is 1. The Morgan fingerprint density at radius 1 is 1.56 bits per heavy atom. The monoisotopic (exact) mass is 224 g/mol. The molecule has 90 valence electrons. The molecule has 0 bridgehead atoms. The Morgan fingerprint density at radius 2 is 2.25 bits per heavy atom. The van der Waals surface area contributed by atoms with E-state index in [0.717, 1.165) is 5.76 Å². The van der Waals surface area contributed by atoms with Gasteiger partial charge in [-0.05, 0) is 25.0 Å². The van der Waals surface area contributed by atoms with Gasteiger partial charge in [0.1, 0.15) is 5.76 Å². The Hall–Kier alpha value is -1.29. The molecule has 2 N–H and O–H groups in total. The molecule has 0 radical (unpaired) electrons. The highest BCUT2D eigenvalue weighted by Crippen LogP contribution is 2.09. The Labute approximate surface area is 96.4 Å². The van der Waals surface area contributed by atoms with Crippen molar-refractivity contribution in [3.05, 3.63) is 24.2 Å². The molecule has 1 rings (SSSR count). The van der Waals surface area contributed by atoms with E-state index in [-0.39, 0.29) is 11.8 Å². The Balaban J connectivity index is 2.64. The summed E-state index contributed by atoms with van der Waals surface area (Å²) in [6.45, 7) is 6.96. The maximum Gasteiger partial charge on any atom is 0.240 e. The highest BCUT2D eigenvalue weighted by Gasteiger charge is 2.23. The standard InChI is InChI=1S/C12H20N2O2/c1-4-14(8-10-6-5-7-16-10)12(15)11(13)9(2)3/h5-7,9,11H,4,8,13H2,1-3H3/t11-/m0/s1. The molecule has 16 heavy (non-hydrogen) atoms. The molecule has 0 saturated carbocycles. The maximum atomic E-state index is 12.0. The average Bonchev–Trinajstić information content (AvgIpc) is 2.76. The molecular weight excluding hydrogens is 204 g/mol. The molecule has 1 atom stereocenters. The zero-order chi connectivity index (χ0) is 12.1. The van der Waals surface area contributed by atoms with Gasteiger partial charge in [-0.1, -0.05) is 13.8 Å². The van der Waals surface area contributed by atoms with E-state index in [2.05, 4.69) is 0 Å². The van der Waals surface area contributed by atoms with Crippen molar-refractivity contribution in [1.29, 1.82) is 0 Å².